The van der Waals surface area contributed by atoms with Crippen LogP contribution in [-0.2, 0) is 11.3 Å². The third-order valence-corrected chi connectivity index (χ3v) is 7.09. The molecule has 0 spiro atoms. The highest BCUT2D eigenvalue weighted by molar-refractivity contribution is 6.58. The van der Waals surface area contributed by atoms with Crippen molar-refractivity contribution >= 4 is 41.5 Å². The molecule has 0 aliphatic carbocycles. The molecule has 5 rings (SSSR count). The van der Waals surface area contributed by atoms with E-state index < -0.39 is 13.2 Å². The lowest BCUT2D eigenvalue weighted by atomic mass is 9.80. The average Bonchev–Trinajstić information content (AvgIpc) is 3.25. The molecule has 1 fully saturated rings. The number of methoxy groups -OCH3 is 1. The molecule has 1 saturated heterocycles. The number of hydrazine groups is 1. The summed E-state index contributed by atoms with van der Waals surface area (Å²) in [4.78, 5) is 20.5. The van der Waals surface area contributed by atoms with Gasteiger partial charge in [0, 0.05) is 28.4 Å². The Morgan fingerprint density at radius 1 is 1.11 bits per heavy atom. The molecule has 11 heteroatoms. The zero-order valence-electron chi connectivity index (χ0n) is 21.1. The molecule has 3 aromatic carbocycles. The van der Waals surface area contributed by atoms with Crippen LogP contribution in [0.1, 0.15) is 30.0 Å². The van der Waals surface area contributed by atoms with Crippen molar-refractivity contribution in [2.45, 2.75) is 38.3 Å². The molecule has 2 aliphatic heterocycles. The van der Waals surface area contributed by atoms with Crippen molar-refractivity contribution < 1.29 is 19.6 Å². The molecular formula is C27H29BClN5O4. The normalized spacial score (nSPS) is 20.2. The maximum atomic E-state index is 13.1. The molecule has 1 amide bonds. The number of nitrogens with one attached hydrogen (secondary N) is 3. The summed E-state index contributed by atoms with van der Waals surface area (Å²) in [6.45, 7) is 2.37. The summed E-state index contributed by atoms with van der Waals surface area (Å²) in [5, 5.41) is 22.2. The van der Waals surface area contributed by atoms with Crippen LogP contribution in [0.5, 0.6) is 5.75 Å². The number of carbonyl (C=O) groups is 1. The Morgan fingerprint density at radius 2 is 1.84 bits per heavy atom. The van der Waals surface area contributed by atoms with Gasteiger partial charge in [0.25, 0.3) is 0 Å². The number of hydrogen-bond acceptors (Lipinski definition) is 8. The molecule has 0 bridgehead atoms. The van der Waals surface area contributed by atoms with Crippen molar-refractivity contribution in [2.75, 3.05) is 12.0 Å². The molecule has 0 radical (unpaired) electrons. The van der Waals surface area contributed by atoms with Gasteiger partial charge in [-0.25, -0.2) is 10.9 Å². The fraction of sp³-hybridized carbons (Fsp3) is 0.259. The van der Waals surface area contributed by atoms with Gasteiger partial charge in [0.05, 0.1) is 31.4 Å². The third-order valence-electron chi connectivity index (χ3n) is 6.83. The second-order valence-corrected chi connectivity index (χ2v) is 9.78. The first-order valence-corrected chi connectivity index (χ1v) is 12.7. The fourth-order valence-electron chi connectivity index (χ4n) is 4.85. The van der Waals surface area contributed by atoms with Gasteiger partial charge in [0.1, 0.15) is 11.9 Å². The lowest BCUT2D eigenvalue weighted by molar-refractivity contribution is -0.121. The Kier molecular flexibility index (Phi) is 7.69. The number of amides is 1. The molecule has 2 unspecified atom stereocenters. The zero-order valence-corrected chi connectivity index (χ0v) is 21.8. The van der Waals surface area contributed by atoms with Gasteiger partial charge < -0.3 is 25.0 Å². The predicted octanol–water partition coefficient (Wildman–Crippen LogP) is 1.54. The molecule has 3 atom stereocenters. The van der Waals surface area contributed by atoms with Gasteiger partial charge in [0.2, 0.25) is 5.91 Å². The van der Waals surface area contributed by atoms with E-state index in [0.29, 0.717) is 22.8 Å². The highest BCUT2D eigenvalue weighted by Gasteiger charge is 2.40. The maximum Gasteiger partial charge on any atom is 0.488 e. The molecule has 5 N–H and O–H groups in total. The van der Waals surface area contributed by atoms with E-state index in [2.05, 4.69) is 28.0 Å². The monoisotopic (exact) mass is 533 g/mol. The molecule has 0 aromatic heterocycles. The molecule has 3 aromatic rings. The van der Waals surface area contributed by atoms with Gasteiger partial charge in [0.15, 0.2) is 0 Å². The van der Waals surface area contributed by atoms with Crippen LogP contribution in [0.3, 0.4) is 0 Å². The first-order chi connectivity index (χ1) is 18.3. The topological polar surface area (TPSA) is 118 Å². The molecule has 38 heavy (non-hydrogen) atoms. The molecule has 0 saturated carbocycles. The number of carbonyl (C=O) groups excluding carboxylic acids is 1. The Balaban J connectivity index is 1.45. The number of anilines is 1. The van der Waals surface area contributed by atoms with Crippen LogP contribution in [0.25, 0.3) is 0 Å². The van der Waals surface area contributed by atoms with Crippen LogP contribution >= 0.6 is 11.6 Å². The first kappa shape index (κ1) is 26.2. The maximum absolute atomic E-state index is 13.1. The van der Waals surface area contributed by atoms with Crippen LogP contribution in [0.4, 0.5) is 5.69 Å². The van der Waals surface area contributed by atoms with Crippen LogP contribution in [0.15, 0.2) is 71.7 Å². The molecule has 9 nitrogen and oxygen atoms in total. The van der Waals surface area contributed by atoms with Crippen molar-refractivity contribution in [3.8, 4) is 5.75 Å². The van der Waals surface area contributed by atoms with E-state index in [1.165, 1.54) is 0 Å². The highest BCUT2D eigenvalue weighted by Crippen LogP contribution is 2.36. The summed E-state index contributed by atoms with van der Waals surface area (Å²) in [7, 11) is 0.109. The molecule has 196 valence electrons. The Hall–Kier alpha value is -3.41. The van der Waals surface area contributed by atoms with Gasteiger partial charge in [-0.3, -0.25) is 9.79 Å². The lowest BCUT2D eigenvalue weighted by Crippen LogP contribution is -2.47. The first-order valence-electron chi connectivity index (χ1n) is 12.4. The summed E-state index contributed by atoms with van der Waals surface area (Å²) < 4.78 is 5.53. The smallest absolute Gasteiger partial charge is 0.488 e. The second kappa shape index (κ2) is 11.1. The summed E-state index contributed by atoms with van der Waals surface area (Å²) in [5.41, 5.74) is 11.4. The molecule has 2 heterocycles. The minimum absolute atomic E-state index is 0.0436. The zero-order chi connectivity index (χ0) is 26.8. The Labute approximate surface area is 226 Å². The Morgan fingerprint density at radius 3 is 2.53 bits per heavy atom. The minimum atomic E-state index is -1.52. The van der Waals surface area contributed by atoms with E-state index in [1.54, 1.807) is 31.4 Å². The van der Waals surface area contributed by atoms with Gasteiger partial charge in [-0.2, -0.15) is 0 Å². The fourth-order valence-corrected chi connectivity index (χ4v) is 4.98. The molecule has 2 aliphatic rings. The van der Waals surface area contributed by atoms with Crippen LogP contribution in [-0.4, -0.2) is 54.3 Å². The van der Waals surface area contributed by atoms with E-state index in [1.807, 2.05) is 42.5 Å². The largest absolute Gasteiger partial charge is 0.497 e. The van der Waals surface area contributed by atoms with Crippen LogP contribution in [0.2, 0.25) is 5.02 Å². The van der Waals surface area contributed by atoms with Gasteiger partial charge in [-0.1, -0.05) is 48.0 Å². The highest BCUT2D eigenvalue weighted by atomic mass is 35.5. The average molecular weight is 534 g/mol. The predicted molar refractivity (Wildman–Crippen MR) is 149 cm³/mol. The third kappa shape index (κ3) is 5.40. The number of rotatable bonds is 7. The number of ether oxygens (including phenoxy) is 1. The summed E-state index contributed by atoms with van der Waals surface area (Å²) in [5.74, 6) is 0.566. The van der Waals surface area contributed by atoms with Gasteiger partial charge in [-0.05, 0) is 48.3 Å². The molecular weight excluding hydrogens is 505 g/mol. The van der Waals surface area contributed by atoms with E-state index in [9.17, 15) is 14.8 Å². The number of halogens is 1. The number of nitrogens with zero attached hydrogens (tertiary/aromatic N) is 2. The Bertz CT molecular complexity index is 1340. The summed E-state index contributed by atoms with van der Waals surface area (Å²) >= 11 is 6.17. The number of aliphatic imine (C=N–C) groups is 1. The van der Waals surface area contributed by atoms with Crippen LogP contribution < -0.4 is 31.3 Å². The van der Waals surface area contributed by atoms with E-state index in [4.69, 9.17) is 21.3 Å². The summed E-state index contributed by atoms with van der Waals surface area (Å²) in [6, 6.07) is 19.8. The van der Waals surface area contributed by atoms with E-state index in [0.717, 1.165) is 28.1 Å². The quantitative estimate of drug-likeness (QED) is 0.292. The van der Waals surface area contributed by atoms with Crippen molar-refractivity contribution in [3.63, 3.8) is 0 Å². The van der Waals surface area contributed by atoms with Crippen molar-refractivity contribution in [1.29, 1.82) is 0 Å². The van der Waals surface area contributed by atoms with Gasteiger partial charge >= 0.3 is 7.12 Å². The van der Waals surface area contributed by atoms with E-state index in [-0.39, 0.29) is 24.7 Å². The SMILES string of the molecule is COc1ccc2c(c1)C(c1ccc(Cl)cc1)=N[C@@H](CC(=O)NCc1ccc(B(O)O)cc1)C1NNC(C)N21. The van der Waals surface area contributed by atoms with E-state index >= 15 is 0 Å². The lowest BCUT2D eigenvalue weighted by Gasteiger charge is -2.31. The van der Waals surface area contributed by atoms with Crippen molar-refractivity contribution in [2.24, 2.45) is 4.99 Å². The van der Waals surface area contributed by atoms with Crippen LogP contribution in [0, 0.1) is 0 Å². The van der Waals surface area contributed by atoms with Crippen molar-refractivity contribution in [1.82, 2.24) is 16.2 Å². The minimum Gasteiger partial charge on any atom is -0.497 e. The second-order valence-electron chi connectivity index (χ2n) is 9.35. The standard InChI is InChI=1S/C27H29BClN5O4/c1-16-32-33-27-23(14-25(35)30-15-17-3-7-19(8-4-17)28(36)37)31-26(18-5-9-20(29)10-6-18)22-13-21(38-2)11-12-24(22)34(16)27/h3-13,16,23,27,32-33,36-37H,14-15H2,1-2H3,(H,30,35)/t16?,23-,27?/m0/s1. The number of fused-ring (bicyclic) bond motifs is 3. The number of hydrogen-bond donors (Lipinski definition) is 5. The van der Waals surface area contributed by atoms with Gasteiger partial charge in [-0.15, -0.1) is 0 Å². The number of benzene rings is 3. The summed E-state index contributed by atoms with van der Waals surface area (Å²) in [6.07, 6.45) is -0.158. The van der Waals surface area contributed by atoms with Crippen molar-refractivity contribution in [3.05, 3.63) is 88.4 Å².